The van der Waals surface area contributed by atoms with Crippen molar-refractivity contribution in [2.24, 2.45) is 0 Å². The molecule has 0 radical (unpaired) electrons. The van der Waals surface area contributed by atoms with Crippen LogP contribution in [-0.2, 0) is 11.3 Å². The summed E-state index contributed by atoms with van der Waals surface area (Å²) in [5, 5.41) is 0.665. The molecule has 0 N–H and O–H groups in total. The molecule has 1 aliphatic rings. The Balaban J connectivity index is 1.73. The minimum Gasteiger partial charge on any atom is -0.488 e. The number of esters is 1. The third-order valence-corrected chi connectivity index (χ3v) is 5.75. The van der Waals surface area contributed by atoms with Gasteiger partial charge >= 0.3 is 5.97 Å². The average molecular weight is 448 g/mol. The van der Waals surface area contributed by atoms with Gasteiger partial charge in [0.25, 0.3) is 0 Å². The van der Waals surface area contributed by atoms with Gasteiger partial charge in [-0.15, -0.1) is 0 Å². The van der Waals surface area contributed by atoms with Crippen molar-refractivity contribution in [3.05, 3.63) is 94.3 Å². The van der Waals surface area contributed by atoms with E-state index in [0.717, 1.165) is 53.8 Å². The van der Waals surface area contributed by atoms with Crippen LogP contribution in [0.3, 0.4) is 0 Å². The number of pyridine rings is 1. The zero-order valence-corrected chi connectivity index (χ0v) is 18.9. The van der Waals surface area contributed by atoms with Crippen LogP contribution in [0.15, 0.2) is 66.7 Å². The van der Waals surface area contributed by atoms with Crippen LogP contribution in [0.4, 0.5) is 0 Å². The van der Waals surface area contributed by atoms with E-state index >= 15 is 0 Å². The van der Waals surface area contributed by atoms with Crippen LogP contribution >= 0.6 is 11.6 Å². The Kier molecular flexibility index (Phi) is 7.23. The second kappa shape index (κ2) is 10.5. The maximum Gasteiger partial charge on any atom is 0.356 e. The summed E-state index contributed by atoms with van der Waals surface area (Å²) >= 11 is 6.39. The minimum atomic E-state index is -0.401. The Hall–Kier alpha value is -3.11. The van der Waals surface area contributed by atoms with E-state index in [1.54, 1.807) is 13.0 Å². The summed E-state index contributed by atoms with van der Waals surface area (Å²) in [7, 11) is 0. The Morgan fingerprint density at radius 2 is 1.75 bits per heavy atom. The number of aromatic nitrogens is 1. The first-order valence-electron chi connectivity index (χ1n) is 11.0. The van der Waals surface area contributed by atoms with Crippen molar-refractivity contribution < 1.29 is 14.3 Å². The van der Waals surface area contributed by atoms with Crippen LogP contribution in [0.2, 0.25) is 5.02 Å². The highest BCUT2D eigenvalue weighted by Gasteiger charge is 2.21. The smallest absolute Gasteiger partial charge is 0.356 e. The molecule has 32 heavy (non-hydrogen) atoms. The van der Waals surface area contributed by atoms with Crippen molar-refractivity contribution in [1.82, 2.24) is 4.98 Å². The van der Waals surface area contributed by atoms with Crippen molar-refractivity contribution >= 4 is 28.7 Å². The van der Waals surface area contributed by atoms with E-state index in [1.165, 1.54) is 5.57 Å². The number of carbonyl (C=O) groups excluding carboxylic acids is 1. The predicted molar refractivity (Wildman–Crippen MR) is 128 cm³/mol. The molecule has 3 aromatic rings. The van der Waals surface area contributed by atoms with E-state index < -0.39 is 5.97 Å². The molecule has 0 fully saturated rings. The summed E-state index contributed by atoms with van der Waals surface area (Å²) < 4.78 is 11.4. The summed E-state index contributed by atoms with van der Waals surface area (Å²) in [6.45, 7) is 2.59. The molecule has 4 rings (SSSR count). The number of rotatable bonds is 7. The lowest BCUT2D eigenvalue weighted by Crippen LogP contribution is -2.09. The predicted octanol–water partition coefficient (Wildman–Crippen LogP) is 6.98. The lowest BCUT2D eigenvalue weighted by Gasteiger charge is -2.23. The second-order valence-electron chi connectivity index (χ2n) is 7.71. The van der Waals surface area contributed by atoms with E-state index in [-0.39, 0.29) is 0 Å². The molecule has 0 atom stereocenters. The first-order chi connectivity index (χ1) is 15.7. The Morgan fingerprint density at radius 1 is 0.969 bits per heavy atom. The molecular formula is C27H26ClNO3. The highest BCUT2D eigenvalue weighted by molar-refractivity contribution is 6.30. The van der Waals surface area contributed by atoms with E-state index in [0.29, 0.717) is 23.9 Å². The molecule has 0 amide bonds. The topological polar surface area (TPSA) is 48.4 Å². The standard InChI is InChI=1S/C27H26ClNO3/c1-2-31-27(30)25-14-8-13-24(29-25)22-12-7-6-11-21(22)23-17-20(28)15-16-26(23)32-18-19-9-4-3-5-10-19/h3-5,8-10,13-17H,2,6-7,11-12,18H2,1H3. The summed E-state index contributed by atoms with van der Waals surface area (Å²) in [5.74, 6) is 0.399. The van der Waals surface area contributed by atoms with Gasteiger partial charge in [0.15, 0.2) is 0 Å². The molecular weight excluding hydrogens is 422 g/mol. The van der Waals surface area contributed by atoms with Gasteiger partial charge in [-0.2, -0.15) is 0 Å². The maximum atomic E-state index is 12.2. The van der Waals surface area contributed by atoms with Gasteiger partial charge in [-0.05, 0) is 79.6 Å². The van der Waals surface area contributed by atoms with Crippen molar-refractivity contribution in [3.8, 4) is 5.75 Å². The average Bonchev–Trinajstić information content (AvgIpc) is 2.84. The number of halogens is 1. The molecule has 0 saturated carbocycles. The quantitative estimate of drug-likeness (QED) is 0.367. The molecule has 1 heterocycles. The summed E-state index contributed by atoms with van der Waals surface area (Å²) in [4.78, 5) is 16.8. The monoisotopic (exact) mass is 447 g/mol. The van der Waals surface area contributed by atoms with Crippen LogP contribution in [0.25, 0.3) is 11.1 Å². The van der Waals surface area contributed by atoms with Crippen molar-refractivity contribution in [1.29, 1.82) is 0 Å². The number of carbonyl (C=O) groups is 1. The molecule has 164 valence electrons. The van der Waals surface area contributed by atoms with Crippen LogP contribution < -0.4 is 4.74 Å². The number of hydrogen-bond acceptors (Lipinski definition) is 4. The summed E-state index contributed by atoms with van der Waals surface area (Å²) in [6, 6.07) is 21.4. The van der Waals surface area contributed by atoms with Crippen LogP contribution in [0.1, 0.15) is 59.9 Å². The highest BCUT2D eigenvalue weighted by Crippen LogP contribution is 2.41. The fourth-order valence-corrected chi connectivity index (χ4v) is 4.18. The third kappa shape index (κ3) is 5.20. The van der Waals surface area contributed by atoms with Crippen LogP contribution in [0, 0.1) is 0 Å². The Morgan fingerprint density at radius 3 is 2.53 bits per heavy atom. The van der Waals surface area contributed by atoms with Crippen molar-refractivity contribution in [2.75, 3.05) is 6.61 Å². The maximum absolute atomic E-state index is 12.2. The third-order valence-electron chi connectivity index (χ3n) is 5.51. The molecule has 0 aliphatic heterocycles. The van der Waals surface area contributed by atoms with Gasteiger partial charge in [0, 0.05) is 10.6 Å². The normalized spacial score (nSPS) is 13.7. The molecule has 1 aromatic heterocycles. The Labute approximate surface area is 193 Å². The number of hydrogen-bond donors (Lipinski definition) is 0. The highest BCUT2D eigenvalue weighted by atomic mass is 35.5. The lowest BCUT2D eigenvalue weighted by atomic mass is 9.85. The number of benzene rings is 2. The largest absolute Gasteiger partial charge is 0.488 e. The summed E-state index contributed by atoms with van der Waals surface area (Å²) in [6.07, 6.45) is 3.95. The van der Waals surface area contributed by atoms with E-state index in [4.69, 9.17) is 21.1 Å². The number of allylic oxidation sites excluding steroid dienone is 2. The SMILES string of the molecule is CCOC(=O)c1cccc(C2=C(c3cc(Cl)ccc3OCc3ccccc3)CCCC2)n1. The van der Waals surface area contributed by atoms with Gasteiger partial charge in [-0.3, -0.25) is 0 Å². The van der Waals surface area contributed by atoms with Gasteiger partial charge in [-0.1, -0.05) is 48.0 Å². The molecule has 0 saturated heterocycles. The van der Waals surface area contributed by atoms with Crippen molar-refractivity contribution in [2.45, 2.75) is 39.2 Å². The zero-order chi connectivity index (χ0) is 22.3. The molecule has 4 nitrogen and oxygen atoms in total. The first kappa shape index (κ1) is 22.1. The molecule has 5 heteroatoms. The first-order valence-corrected chi connectivity index (χ1v) is 11.4. The Bertz CT molecular complexity index is 1120. The molecule has 0 unspecified atom stereocenters. The van der Waals surface area contributed by atoms with Gasteiger partial charge in [0.05, 0.1) is 12.3 Å². The molecule has 0 bridgehead atoms. The van der Waals surface area contributed by atoms with Crippen LogP contribution in [-0.4, -0.2) is 17.6 Å². The van der Waals surface area contributed by atoms with Gasteiger partial charge < -0.3 is 9.47 Å². The molecule has 0 spiro atoms. The summed E-state index contributed by atoms with van der Waals surface area (Å²) in [5.41, 5.74) is 5.54. The number of ether oxygens (including phenoxy) is 2. The van der Waals surface area contributed by atoms with Gasteiger partial charge in [0.1, 0.15) is 18.1 Å². The van der Waals surface area contributed by atoms with Gasteiger partial charge in [-0.25, -0.2) is 9.78 Å². The zero-order valence-electron chi connectivity index (χ0n) is 18.1. The minimum absolute atomic E-state index is 0.323. The molecule has 1 aliphatic carbocycles. The second-order valence-corrected chi connectivity index (χ2v) is 8.14. The van der Waals surface area contributed by atoms with Crippen LogP contribution in [0.5, 0.6) is 5.75 Å². The lowest BCUT2D eigenvalue weighted by molar-refractivity contribution is 0.0519. The fraction of sp³-hybridized carbons (Fsp3) is 0.259. The molecule has 2 aromatic carbocycles. The van der Waals surface area contributed by atoms with E-state index in [2.05, 4.69) is 4.98 Å². The van der Waals surface area contributed by atoms with E-state index in [9.17, 15) is 4.79 Å². The number of nitrogens with zero attached hydrogens (tertiary/aromatic N) is 1. The fourth-order valence-electron chi connectivity index (χ4n) is 4.01. The van der Waals surface area contributed by atoms with Gasteiger partial charge in [0.2, 0.25) is 0 Å². The van der Waals surface area contributed by atoms with Crippen molar-refractivity contribution in [3.63, 3.8) is 0 Å². The van der Waals surface area contributed by atoms with E-state index in [1.807, 2.05) is 60.7 Å².